The number of methoxy groups -OCH3 is 1. The molecule has 1 amide bonds. The molecule has 2 atom stereocenters. The number of hydrogen-bond donors (Lipinski definition) is 1. The number of ether oxygens (including phenoxy) is 2. The molecule has 5 nitrogen and oxygen atoms in total. The van der Waals surface area contributed by atoms with Gasteiger partial charge in [-0.05, 0) is 55.2 Å². The van der Waals surface area contributed by atoms with Gasteiger partial charge in [0.05, 0.1) is 19.3 Å². The second-order valence-electron chi connectivity index (χ2n) is 6.02. The van der Waals surface area contributed by atoms with E-state index in [1.807, 2.05) is 24.3 Å². The molecule has 0 bridgehead atoms. The summed E-state index contributed by atoms with van der Waals surface area (Å²) < 4.78 is 10.2. The van der Waals surface area contributed by atoms with Crippen LogP contribution in [0.3, 0.4) is 0 Å². The van der Waals surface area contributed by atoms with Crippen LogP contribution in [0, 0.1) is 5.92 Å². The van der Waals surface area contributed by atoms with Crippen LogP contribution in [0.5, 0.6) is 5.75 Å². The molecule has 2 unspecified atom stereocenters. The molecule has 0 saturated heterocycles. The average Bonchev–Trinajstić information content (AvgIpc) is 3.43. The van der Waals surface area contributed by atoms with Gasteiger partial charge in [0.25, 0.3) is 0 Å². The van der Waals surface area contributed by atoms with Gasteiger partial charge >= 0.3 is 5.97 Å². The Morgan fingerprint density at radius 3 is 2.72 bits per heavy atom. The first-order valence-corrected chi connectivity index (χ1v) is 8.34. The van der Waals surface area contributed by atoms with E-state index in [0.29, 0.717) is 17.9 Å². The minimum Gasteiger partial charge on any atom is -0.497 e. The fourth-order valence-electron chi connectivity index (χ4n) is 2.90. The number of amides is 1. The summed E-state index contributed by atoms with van der Waals surface area (Å²) in [6.45, 7) is 2.08. The topological polar surface area (TPSA) is 64.6 Å². The van der Waals surface area contributed by atoms with E-state index in [4.69, 9.17) is 9.47 Å². The number of rotatable bonds is 6. The number of carbonyl (C=O) groups excluding carboxylic acids is 2. The Balaban J connectivity index is 1.64. The lowest BCUT2D eigenvalue weighted by Gasteiger charge is -2.08. The summed E-state index contributed by atoms with van der Waals surface area (Å²) in [7, 11) is 1.63. The summed E-state index contributed by atoms with van der Waals surface area (Å²) in [6.07, 6.45) is 0.816. The minimum absolute atomic E-state index is 0.0335. The van der Waals surface area contributed by atoms with Gasteiger partial charge in [0.15, 0.2) is 0 Å². The molecule has 3 rings (SSSR count). The third kappa shape index (κ3) is 3.99. The zero-order chi connectivity index (χ0) is 17.8. The van der Waals surface area contributed by atoms with Crippen molar-refractivity contribution >= 4 is 17.6 Å². The van der Waals surface area contributed by atoms with Crippen LogP contribution < -0.4 is 10.1 Å². The minimum atomic E-state index is -0.390. The van der Waals surface area contributed by atoms with Crippen LogP contribution >= 0.6 is 0 Å². The molecule has 25 heavy (non-hydrogen) atoms. The number of esters is 1. The van der Waals surface area contributed by atoms with Gasteiger partial charge in [0.2, 0.25) is 5.91 Å². The molecular formula is C20H21NO4. The maximum atomic E-state index is 12.5. The second kappa shape index (κ2) is 7.38. The number of anilines is 1. The Morgan fingerprint density at radius 2 is 1.96 bits per heavy atom. The molecular weight excluding hydrogens is 318 g/mol. The average molecular weight is 339 g/mol. The van der Waals surface area contributed by atoms with Crippen molar-refractivity contribution in [2.24, 2.45) is 5.92 Å². The SMILES string of the molecule is CCOC(=O)c1cccc(NC(=O)C2CC2c2cccc(OC)c2)c1. The van der Waals surface area contributed by atoms with Gasteiger partial charge in [-0.2, -0.15) is 0 Å². The third-order valence-electron chi connectivity index (χ3n) is 4.29. The molecule has 1 aliphatic carbocycles. The summed E-state index contributed by atoms with van der Waals surface area (Å²) in [5.74, 6) is 0.528. The van der Waals surface area contributed by atoms with Gasteiger partial charge in [-0.1, -0.05) is 18.2 Å². The Bertz CT molecular complexity index is 787. The second-order valence-corrected chi connectivity index (χ2v) is 6.02. The summed E-state index contributed by atoms with van der Waals surface area (Å²) in [5.41, 5.74) is 2.14. The van der Waals surface area contributed by atoms with Crippen molar-refractivity contribution in [3.63, 3.8) is 0 Å². The molecule has 1 saturated carbocycles. The highest BCUT2D eigenvalue weighted by Gasteiger charge is 2.44. The van der Waals surface area contributed by atoms with Gasteiger partial charge in [-0.25, -0.2) is 4.79 Å². The van der Waals surface area contributed by atoms with Crippen LogP contribution in [0.2, 0.25) is 0 Å². The third-order valence-corrected chi connectivity index (χ3v) is 4.29. The fourth-order valence-corrected chi connectivity index (χ4v) is 2.90. The van der Waals surface area contributed by atoms with Crippen molar-refractivity contribution in [1.29, 1.82) is 0 Å². The molecule has 1 N–H and O–H groups in total. The molecule has 2 aromatic carbocycles. The molecule has 130 valence electrons. The Hall–Kier alpha value is -2.82. The lowest BCUT2D eigenvalue weighted by Crippen LogP contribution is -2.15. The van der Waals surface area contributed by atoms with Crippen LogP contribution in [-0.4, -0.2) is 25.6 Å². The molecule has 0 heterocycles. The molecule has 0 spiro atoms. The summed E-state index contributed by atoms with van der Waals surface area (Å²) in [5, 5.41) is 2.89. The van der Waals surface area contributed by atoms with Gasteiger partial charge in [0.1, 0.15) is 5.75 Å². The highest BCUT2D eigenvalue weighted by molar-refractivity contribution is 5.97. The predicted molar refractivity (Wildman–Crippen MR) is 94.9 cm³/mol. The van der Waals surface area contributed by atoms with Gasteiger partial charge in [-0.15, -0.1) is 0 Å². The summed E-state index contributed by atoms with van der Waals surface area (Å²) in [4.78, 5) is 24.2. The van der Waals surface area contributed by atoms with Crippen molar-refractivity contribution in [2.75, 3.05) is 19.0 Å². The van der Waals surface area contributed by atoms with Gasteiger partial charge in [0, 0.05) is 11.6 Å². The van der Waals surface area contributed by atoms with Crippen LogP contribution in [0.1, 0.15) is 35.2 Å². The highest BCUT2D eigenvalue weighted by atomic mass is 16.5. The molecule has 0 aromatic heterocycles. The quantitative estimate of drug-likeness (QED) is 0.817. The van der Waals surface area contributed by atoms with Gasteiger partial charge < -0.3 is 14.8 Å². The van der Waals surface area contributed by atoms with Crippen molar-refractivity contribution in [3.05, 3.63) is 59.7 Å². The van der Waals surface area contributed by atoms with Crippen molar-refractivity contribution in [2.45, 2.75) is 19.3 Å². The maximum absolute atomic E-state index is 12.5. The van der Waals surface area contributed by atoms with E-state index in [0.717, 1.165) is 17.7 Å². The molecule has 2 aromatic rings. The number of hydrogen-bond acceptors (Lipinski definition) is 4. The van der Waals surface area contributed by atoms with Crippen LogP contribution in [0.15, 0.2) is 48.5 Å². The number of benzene rings is 2. The maximum Gasteiger partial charge on any atom is 0.338 e. The summed E-state index contributed by atoms with van der Waals surface area (Å²) in [6, 6.07) is 14.6. The largest absolute Gasteiger partial charge is 0.497 e. The lowest BCUT2D eigenvalue weighted by molar-refractivity contribution is -0.117. The van der Waals surface area contributed by atoms with Crippen molar-refractivity contribution < 1.29 is 19.1 Å². The normalized spacial score (nSPS) is 18.3. The highest BCUT2D eigenvalue weighted by Crippen LogP contribution is 2.48. The monoisotopic (exact) mass is 339 g/mol. The van der Waals surface area contributed by atoms with E-state index in [9.17, 15) is 9.59 Å². The van der Waals surface area contributed by atoms with E-state index in [-0.39, 0.29) is 23.7 Å². The van der Waals surface area contributed by atoms with E-state index < -0.39 is 0 Å². The zero-order valence-corrected chi connectivity index (χ0v) is 14.3. The van der Waals surface area contributed by atoms with E-state index in [2.05, 4.69) is 5.32 Å². The zero-order valence-electron chi connectivity index (χ0n) is 14.3. The molecule has 0 aliphatic heterocycles. The number of nitrogens with one attached hydrogen (secondary N) is 1. The first-order valence-electron chi connectivity index (χ1n) is 8.34. The van der Waals surface area contributed by atoms with Gasteiger partial charge in [-0.3, -0.25) is 4.79 Å². The number of carbonyl (C=O) groups is 2. The van der Waals surface area contributed by atoms with Crippen molar-refractivity contribution in [1.82, 2.24) is 0 Å². The van der Waals surface area contributed by atoms with Crippen LogP contribution in [-0.2, 0) is 9.53 Å². The Labute approximate surface area is 147 Å². The molecule has 1 aliphatic rings. The lowest BCUT2D eigenvalue weighted by atomic mass is 10.1. The van der Waals surface area contributed by atoms with E-state index in [1.165, 1.54) is 0 Å². The van der Waals surface area contributed by atoms with E-state index >= 15 is 0 Å². The Kier molecular flexibility index (Phi) is 5.03. The van der Waals surface area contributed by atoms with Crippen LogP contribution in [0.25, 0.3) is 0 Å². The first-order chi connectivity index (χ1) is 12.1. The molecule has 5 heteroatoms. The van der Waals surface area contributed by atoms with Crippen molar-refractivity contribution in [3.8, 4) is 5.75 Å². The predicted octanol–water partition coefficient (Wildman–Crippen LogP) is 3.61. The van der Waals surface area contributed by atoms with E-state index in [1.54, 1.807) is 38.3 Å². The Morgan fingerprint density at radius 1 is 1.16 bits per heavy atom. The first kappa shape index (κ1) is 17.0. The summed E-state index contributed by atoms with van der Waals surface area (Å²) >= 11 is 0. The molecule has 1 fully saturated rings. The molecule has 0 radical (unpaired) electrons. The fraction of sp³-hybridized carbons (Fsp3) is 0.300. The standard InChI is InChI=1S/C20H21NO4/c1-3-25-20(23)14-7-4-8-15(10-14)21-19(22)18-12-17(18)13-6-5-9-16(11-13)24-2/h4-11,17-18H,3,12H2,1-2H3,(H,21,22). The van der Waals surface area contributed by atoms with Crippen LogP contribution in [0.4, 0.5) is 5.69 Å². The smallest absolute Gasteiger partial charge is 0.338 e.